The van der Waals surface area contributed by atoms with Gasteiger partial charge in [0.15, 0.2) is 5.78 Å². The summed E-state index contributed by atoms with van der Waals surface area (Å²) in [5.41, 5.74) is 1.82. The zero-order chi connectivity index (χ0) is 17.3. The van der Waals surface area contributed by atoms with Gasteiger partial charge in [0.1, 0.15) is 5.76 Å². The number of aliphatic imine (C=N–C) groups is 1. The second-order valence-electron chi connectivity index (χ2n) is 7.17. The fraction of sp³-hybridized carbons (Fsp3) is 0.333. The van der Waals surface area contributed by atoms with Crippen LogP contribution in [0, 0.1) is 5.41 Å². The van der Waals surface area contributed by atoms with Gasteiger partial charge in [0.2, 0.25) is 0 Å². The molecule has 3 rings (SSSR count). The first-order valence-corrected chi connectivity index (χ1v) is 8.42. The molecule has 24 heavy (non-hydrogen) atoms. The Morgan fingerprint density at radius 2 is 1.83 bits per heavy atom. The molecule has 1 fully saturated rings. The maximum absolute atomic E-state index is 12.6. The number of hydrogen-bond donors (Lipinski definition) is 1. The number of benzene rings is 2. The van der Waals surface area contributed by atoms with Crippen LogP contribution in [0.5, 0.6) is 0 Å². The van der Waals surface area contributed by atoms with Gasteiger partial charge in [0.25, 0.3) is 0 Å². The largest absolute Gasteiger partial charge is 0.512 e. The number of rotatable bonds is 2. The summed E-state index contributed by atoms with van der Waals surface area (Å²) in [6.07, 6.45) is 1.57. The lowest BCUT2D eigenvalue weighted by molar-refractivity contribution is -0.117. The molecule has 2 aromatic carbocycles. The minimum atomic E-state index is -0.141. The predicted molar refractivity (Wildman–Crippen MR) is 99.0 cm³/mol. The quantitative estimate of drug-likeness (QED) is 0.584. The molecule has 0 heterocycles. The Hall–Kier alpha value is -2.42. The van der Waals surface area contributed by atoms with Gasteiger partial charge in [0, 0.05) is 18.2 Å². The summed E-state index contributed by atoms with van der Waals surface area (Å²) < 4.78 is 0. The van der Waals surface area contributed by atoms with E-state index in [1.807, 2.05) is 37.3 Å². The zero-order valence-electron chi connectivity index (χ0n) is 14.5. The molecule has 1 aliphatic rings. The number of carbonyl (C=O) groups is 1. The first kappa shape index (κ1) is 16.4. The van der Waals surface area contributed by atoms with Gasteiger partial charge < -0.3 is 5.11 Å². The van der Waals surface area contributed by atoms with Crippen molar-refractivity contribution >= 4 is 28.0 Å². The second kappa shape index (κ2) is 6.23. The number of nitrogens with zero attached hydrogens (tertiary/aromatic N) is 1. The van der Waals surface area contributed by atoms with Gasteiger partial charge in [-0.1, -0.05) is 57.2 Å². The van der Waals surface area contributed by atoms with E-state index in [1.165, 1.54) is 0 Å². The lowest BCUT2D eigenvalue weighted by Crippen LogP contribution is -2.32. The summed E-state index contributed by atoms with van der Waals surface area (Å²) in [7, 11) is 0. The molecule has 1 aliphatic carbocycles. The van der Waals surface area contributed by atoms with Crippen molar-refractivity contribution in [2.24, 2.45) is 10.4 Å². The van der Waals surface area contributed by atoms with Crippen molar-refractivity contribution in [3.8, 4) is 0 Å². The van der Waals surface area contributed by atoms with Gasteiger partial charge in [-0.2, -0.15) is 0 Å². The molecule has 0 unspecified atom stereocenters. The molecule has 0 spiro atoms. The summed E-state index contributed by atoms with van der Waals surface area (Å²) in [5.74, 6) is 0.138. The standard InChI is InChI=1S/C21H23NO2/c1-4-18(23)20-17(12-21(2,3)13-19(20)24)22-16-11-7-9-14-8-5-6-10-15(14)16/h5-11,23H,4,12-13H2,1-3H3. The number of Topliss-reactive ketones (excluding diaryl/α,β-unsaturated/α-hetero) is 1. The molecule has 0 bridgehead atoms. The van der Waals surface area contributed by atoms with Crippen LogP contribution in [-0.4, -0.2) is 16.6 Å². The van der Waals surface area contributed by atoms with Crippen molar-refractivity contribution in [1.29, 1.82) is 0 Å². The van der Waals surface area contributed by atoms with Gasteiger partial charge in [-0.25, -0.2) is 0 Å². The molecule has 124 valence electrons. The Bertz CT molecular complexity index is 854. The molecule has 1 saturated carbocycles. The van der Waals surface area contributed by atoms with Gasteiger partial charge in [-0.3, -0.25) is 9.79 Å². The summed E-state index contributed by atoms with van der Waals surface area (Å²) in [5, 5.41) is 12.4. The van der Waals surface area contributed by atoms with Crippen molar-refractivity contribution in [1.82, 2.24) is 0 Å². The Kier molecular flexibility index (Phi) is 4.27. The fourth-order valence-electron chi connectivity index (χ4n) is 3.34. The smallest absolute Gasteiger partial charge is 0.168 e. The zero-order valence-corrected chi connectivity index (χ0v) is 14.5. The fourth-order valence-corrected chi connectivity index (χ4v) is 3.34. The summed E-state index contributed by atoms with van der Waals surface area (Å²) in [6.45, 7) is 6.00. The van der Waals surface area contributed by atoms with Crippen LogP contribution in [0.15, 0.2) is 58.8 Å². The third kappa shape index (κ3) is 3.12. The van der Waals surface area contributed by atoms with Crippen molar-refractivity contribution in [2.75, 3.05) is 0 Å². The molecule has 0 aliphatic heterocycles. The third-order valence-electron chi connectivity index (χ3n) is 4.50. The monoisotopic (exact) mass is 321 g/mol. The minimum Gasteiger partial charge on any atom is -0.512 e. The van der Waals surface area contributed by atoms with Gasteiger partial charge >= 0.3 is 0 Å². The molecule has 3 heteroatoms. The van der Waals surface area contributed by atoms with E-state index >= 15 is 0 Å². The molecule has 2 aromatic rings. The maximum Gasteiger partial charge on any atom is 0.168 e. The first-order chi connectivity index (χ1) is 11.4. The van der Waals surface area contributed by atoms with E-state index in [0.29, 0.717) is 30.5 Å². The van der Waals surface area contributed by atoms with E-state index in [0.717, 1.165) is 16.5 Å². The Balaban J connectivity index is 2.19. The van der Waals surface area contributed by atoms with E-state index in [4.69, 9.17) is 4.99 Å². The highest BCUT2D eigenvalue weighted by molar-refractivity contribution is 6.25. The van der Waals surface area contributed by atoms with Crippen LogP contribution in [0.1, 0.15) is 40.0 Å². The molecular weight excluding hydrogens is 298 g/mol. The SMILES string of the molecule is CCC(O)=C1C(=O)CC(C)(C)CC1=Nc1cccc2ccccc12. The Morgan fingerprint density at radius 1 is 1.12 bits per heavy atom. The molecule has 1 N–H and O–H groups in total. The van der Waals surface area contributed by atoms with Gasteiger partial charge in [-0.05, 0) is 23.3 Å². The van der Waals surface area contributed by atoms with Crippen molar-refractivity contribution in [3.63, 3.8) is 0 Å². The maximum atomic E-state index is 12.6. The molecule has 3 nitrogen and oxygen atoms in total. The third-order valence-corrected chi connectivity index (χ3v) is 4.50. The normalized spacial score (nSPS) is 21.3. The molecule has 0 atom stereocenters. The van der Waals surface area contributed by atoms with Crippen molar-refractivity contribution < 1.29 is 9.90 Å². The number of aliphatic hydroxyl groups is 1. The van der Waals surface area contributed by atoms with Crippen LogP contribution in [0.4, 0.5) is 5.69 Å². The van der Waals surface area contributed by atoms with Crippen LogP contribution in [0.3, 0.4) is 0 Å². The Morgan fingerprint density at radius 3 is 2.58 bits per heavy atom. The molecular formula is C21H23NO2. The highest BCUT2D eigenvalue weighted by Gasteiger charge is 2.36. The first-order valence-electron chi connectivity index (χ1n) is 8.42. The van der Waals surface area contributed by atoms with Crippen molar-refractivity contribution in [3.05, 3.63) is 53.8 Å². The summed E-state index contributed by atoms with van der Waals surface area (Å²) >= 11 is 0. The number of carbonyl (C=O) groups excluding carboxylic acids is 1. The van der Waals surface area contributed by atoms with Crippen LogP contribution in [0.2, 0.25) is 0 Å². The van der Waals surface area contributed by atoms with E-state index in [-0.39, 0.29) is 17.0 Å². The average Bonchev–Trinajstić information content (AvgIpc) is 2.53. The van der Waals surface area contributed by atoms with E-state index in [1.54, 1.807) is 0 Å². The van der Waals surface area contributed by atoms with Crippen LogP contribution >= 0.6 is 0 Å². The topological polar surface area (TPSA) is 49.7 Å². The average molecular weight is 321 g/mol. The molecule has 0 radical (unpaired) electrons. The Labute approximate surface area is 142 Å². The highest BCUT2D eigenvalue weighted by atomic mass is 16.3. The second-order valence-corrected chi connectivity index (χ2v) is 7.17. The van der Waals surface area contributed by atoms with E-state index in [2.05, 4.69) is 26.0 Å². The molecule has 0 amide bonds. The van der Waals surface area contributed by atoms with E-state index < -0.39 is 0 Å². The van der Waals surface area contributed by atoms with Crippen LogP contribution < -0.4 is 0 Å². The van der Waals surface area contributed by atoms with E-state index in [9.17, 15) is 9.90 Å². The number of hydrogen-bond acceptors (Lipinski definition) is 3. The lowest BCUT2D eigenvalue weighted by atomic mass is 9.73. The predicted octanol–water partition coefficient (Wildman–Crippen LogP) is 5.52. The lowest BCUT2D eigenvalue weighted by Gasteiger charge is -2.31. The number of fused-ring (bicyclic) bond motifs is 1. The number of aliphatic hydroxyl groups excluding tert-OH is 1. The summed E-state index contributed by atoms with van der Waals surface area (Å²) in [4.78, 5) is 17.4. The van der Waals surface area contributed by atoms with Gasteiger partial charge in [0.05, 0.1) is 17.0 Å². The minimum absolute atomic E-state index is 0.00964. The number of allylic oxidation sites excluding steroid dienone is 2. The highest BCUT2D eigenvalue weighted by Crippen LogP contribution is 2.37. The summed E-state index contributed by atoms with van der Waals surface area (Å²) in [6, 6.07) is 14.1. The van der Waals surface area contributed by atoms with Crippen LogP contribution in [0.25, 0.3) is 10.8 Å². The number of ketones is 1. The van der Waals surface area contributed by atoms with Crippen molar-refractivity contribution in [2.45, 2.75) is 40.0 Å². The van der Waals surface area contributed by atoms with Gasteiger partial charge in [-0.15, -0.1) is 0 Å². The van der Waals surface area contributed by atoms with Crippen LogP contribution in [-0.2, 0) is 4.79 Å². The molecule has 0 saturated heterocycles. The molecule has 0 aromatic heterocycles.